The van der Waals surface area contributed by atoms with Crippen LogP contribution >= 0.6 is 11.6 Å². The molecule has 0 aliphatic heterocycles. The molecular weight excluding hydrogens is 308 g/mol. The summed E-state index contributed by atoms with van der Waals surface area (Å²) < 4.78 is 0. The number of para-hydroxylation sites is 1. The predicted octanol–water partition coefficient (Wildman–Crippen LogP) is 4.65. The second kappa shape index (κ2) is 6.63. The van der Waals surface area contributed by atoms with Crippen LogP contribution < -0.4 is 10.2 Å². The van der Waals surface area contributed by atoms with Crippen LogP contribution in [0.1, 0.15) is 24.8 Å². The smallest absolute Gasteiger partial charge is 0.322 e. The number of anilines is 1. The first kappa shape index (κ1) is 15.9. The lowest BCUT2D eigenvalue weighted by atomic mass is 9.73. The van der Waals surface area contributed by atoms with Gasteiger partial charge in [0.25, 0.3) is 0 Å². The molecule has 2 aromatic carbocycles. The maximum atomic E-state index is 12.6. The quantitative estimate of drug-likeness (QED) is 0.870. The van der Waals surface area contributed by atoms with Gasteiger partial charge < -0.3 is 5.32 Å². The summed E-state index contributed by atoms with van der Waals surface area (Å²) in [5.41, 5.74) is 1.97. The number of amides is 2. The van der Waals surface area contributed by atoms with Crippen molar-refractivity contribution in [1.82, 2.24) is 5.32 Å². The van der Waals surface area contributed by atoms with E-state index in [1.165, 1.54) is 5.56 Å². The Balaban J connectivity index is 1.69. The van der Waals surface area contributed by atoms with E-state index in [-0.39, 0.29) is 11.6 Å². The minimum Gasteiger partial charge on any atom is -0.332 e. The van der Waals surface area contributed by atoms with Crippen LogP contribution in [0.4, 0.5) is 10.5 Å². The number of benzene rings is 2. The molecule has 0 spiro atoms. The molecule has 3 rings (SSSR count). The largest absolute Gasteiger partial charge is 0.332 e. The molecule has 1 N–H and O–H groups in total. The van der Waals surface area contributed by atoms with Gasteiger partial charge in [0.05, 0.1) is 0 Å². The molecule has 0 radical (unpaired) electrons. The van der Waals surface area contributed by atoms with E-state index >= 15 is 0 Å². The van der Waals surface area contributed by atoms with Crippen LogP contribution in [0, 0.1) is 0 Å². The van der Waals surface area contributed by atoms with Crippen molar-refractivity contribution in [3.05, 3.63) is 65.2 Å². The Bertz CT molecular complexity index is 666. The zero-order chi connectivity index (χ0) is 16.3. The van der Waals surface area contributed by atoms with Crippen LogP contribution in [0.15, 0.2) is 54.6 Å². The standard InChI is InChI=1S/C19H21ClN2O/c1-22(17-6-3-2-4-7-17)18(23)21-19(12-5-13-19)14-15-8-10-16(20)11-9-15/h2-4,6-11H,5,12-14H2,1H3,(H,21,23). The van der Waals surface area contributed by atoms with Gasteiger partial charge in [0.2, 0.25) is 0 Å². The topological polar surface area (TPSA) is 32.3 Å². The number of nitrogens with one attached hydrogen (secondary N) is 1. The molecule has 0 bridgehead atoms. The molecule has 2 amide bonds. The number of urea groups is 1. The molecule has 0 saturated heterocycles. The minimum atomic E-state index is -0.131. The van der Waals surface area contributed by atoms with E-state index in [0.29, 0.717) is 0 Å². The summed E-state index contributed by atoms with van der Waals surface area (Å²) in [5.74, 6) is 0. The molecule has 0 heterocycles. The second-order valence-electron chi connectivity index (χ2n) is 6.26. The first-order chi connectivity index (χ1) is 11.1. The summed E-state index contributed by atoms with van der Waals surface area (Å²) in [7, 11) is 1.80. The first-order valence-corrected chi connectivity index (χ1v) is 8.31. The highest BCUT2D eigenvalue weighted by molar-refractivity contribution is 6.30. The summed E-state index contributed by atoms with van der Waals surface area (Å²) in [6.45, 7) is 0. The molecule has 1 fully saturated rings. The highest BCUT2D eigenvalue weighted by Crippen LogP contribution is 2.35. The van der Waals surface area contributed by atoms with Crippen molar-refractivity contribution in [3.8, 4) is 0 Å². The van der Waals surface area contributed by atoms with E-state index in [0.717, 1.165) is 36.4 Å². The third kappa shape index (κ3) is 3.67. The molecule has 0 unspecified atom stereocenters. The predicted molar refractivity (Wildman–Crippen MR) is 95.1 cm³/mol. The number of nitrogens with zero attached hydrogens (tertiary/aromatic N) is 1. The number of halogens is 1. The fraction of sp³-hybridized carbons (Fsp3) is 0.316. The second-order valence-corrected chi connectivity index (χ2v) is 6.70. The van der Waals surface area contributed by atoms with Gasteiger partial charge in [-0.15, -0.1) is 0 Å². The molecule has 4 heteroatoms. The van der Waals surface area contributed by atoms with Crippen molar-refractivity contribution in [1.29, 1.82) is 0 Å². The van der Waals surface area contributed by atoms with E-state index in [1.54, 1.807) is 11.9 Å². The SMILES string of the molecule is CN(C(=O)NC1(Cc2ccc(Cl)cc2)CCC1)c1ccccc1. The third-order valence-corrected chi connectivity index (χ3v) is 4.84. The summed E-state index contributed by atoms with van der Waals surface area (Å²) in [4.78, 5) is 14.3. The van der Waals surface area contributed by atoms with Gasteiger partial charge in [-0.1, -0.05) is 41.9 Å². The Morgan fingerprint density at radius 1 is 1.13 bits per heavy atom. The maximum absolute atomic E-state index is 12.6. The van der Waals surface area contributed by atoms with Gasteiger partial charge >= 0.3 is 6.03 Å². The molecule has 1 saturated carbocycles. The summed E-state index contributed by atoms with van der Waals surface area (Å²) >= 11 is 5.95. The van der Waals surface area contributed by atoms with Gasteiger partial charge in [-0.05, 0) is 55.5 Å². The van der Waals surface area contributed by atoms with Crippen LogP contribution in [0.25, 0.3) is 0 Å². The summed E-state index contributed by atoms with van der Waals surface area (Å²) in [5, 5.41) is 3.99. The zero-order valence-corrected chi connectivity index (χ0v) is 14.0. The van der Waals surface area contributed by atoms with E-state index in [4.69, 9.17) is 11.6 Å². The van der Waals surface area contributed by atoms with Gasteiger partial charge in [-0.2, -0.15) is 0 Å². The maximum Gasteiger partial charge on any atom is 0.322 e. The van der Waals surface area contributed by atoms with Crippen LogP contribution in [0.2, 0.25) is 5.02 Å². The highest BCUT2D eigenvalue weighted by Gasteiger charge is 2.39. The van der Waals surface area contributed by atoms with Crippen molar-refractivity contribution in [3.63, 3.8) is 0 Å². The summed E-state index contributed by atoms with van der Waals surface area (Å²) in [6, 6.07) is 17.5. The molecule has 2 aromatic rings. The van der Waals surface area contributed by atoms with Gasteiger partial charge in [-0.3, -0.25) is 4.90 Å². The zero-order valence-electron chi connectivity index (χ0n) is 13.3. The Morgan fingerprint density at radius 3 is 2.35 bits per heavy atom. The van der Waals surface area contributed by atoms with Gasteiger partial charge in [-0.25, -0.2) is 4.79 Å². The molecule has 23 heavy (non-hydrogen) atoms. The Morgan fingerprint density at radius 2 is 1.78 bits per heavy atom. The van der Waals surface area contributed by atoms with Gasteiger partial charge in [0, 0.05) is 23.3 Å². The molecule has 0 aromatic heterocycles. The van der Waals surface area contributed by atoms with Crippen LogP contribution in [0.5, 0.6) is 0 Å². The van der Waals surface area contributed by atoms with Crippen molar-refractivity contribution in [2.75, 3.05) is 11.9 Å². The molecule has 1 aliphatic carbocycles. The highest BCUT2D eigenvalue weighted by atomic mass is 35.5. The Labute approximate surface area is 142 Å². The minimum absolute atomic E-state index is 0.0511. The monoisotopic (exact) mass is 328 g/mol. The lowest BCUT2D eigenvalue weighted by Crippen LogP contribution is -2.58. The first-order valence-electron chi connectivity index (χ1n) is 7.93. The van der Waals surface area contributed by atoms with Crippen LogP contribution in [-0.4, -0.2) is 18.6 Å². The third-order valence-electron chi connectivity index (χ3n) is 4.59. The van der Waals surface area contributed by atoms with Gasteiger partial charge in [0.1, 0.15) is 0 Å². The number of carbonyl (C=O) groups is 1. The van der Waals surface area contributed by atoms with Crippen molar-refractivity contribution in [2.45, 2.75) is 31.2 Å². The Hall–Kier alpha value is -2.00. The fourth-order valence-electron chi connectivity index (χ4n) is 3.02. The van der Waals surface area contributed by atoms with Crippen LogP contribution in [-0.2, 0) is 6.42 Å². The van der Waals surface area contributed by atoms with E-state index in [2.05, 4.69) is 5.32 Å². The van der Waals surface area contributed by atoms with E-state index in [9.17, 15) is 4.79 Å². The molecule has 0 atom stereocenters. The van der Waals surface area contributed by atoms with Crippen molar-refractivity contribution in [2.24, 2.45) is 0 Å². The average molecular weight is 329 g/mol. The lowest BCUT2D eigenvalue weighted by molar-refractivity contribution is 0.180. The van der Waals surface area contributed by atoms with Crippen molar-refractivity contribution >= 4 is 23.3 Å². The van der Waals surface area contributed by atoms with Gasteiger partial charge in [0.15, 0.2) is 0 Å². The van der Waals surface area contributed by atoms with E-state index < -0.39 is 0 Å². The number of hydrogen-bond acceptors (Lipinski definition) is 1. The van der Waals surface area contributed by atoms with E-state index in [1.807, 2.05) is 54.6 Å². The number of carbonyl (C=O) groups excluding carboxylic acids is 1. The molecular formula is C19H21ClN2O. The van der Waals surface area contributed by atoms with Crippen LogP contribution in [0.3, 0.4) is 0 Å². The Kier molecular flexibility index (Phi) is 4.58. The average Bonchev–Trinajstić information content (AvgIpc) is 2.54. The number of rotatable bonds is 4. The van der Waals surface area contributed by atoms with Crippen molar-refractivity contribution < 1.29 is 4.79 Å². The number of hydrogen-bond donors (Lipinski definition) is 1. The molecule has 1 aliphatic rings. The molecule has 3 nitrogen and oxygen atoms in total. The molecule has 120 valence electrons. The lowest BCUT2D eigenvalue weighted by Gasteiger charge is -2.43. The normalized spacial score (nSPS) is 15.6. The fourth-order valence-corrected chi connectivity index (χ4v) is 3.15. The summed E-state index contributed by atoms with van der Waals surface area (Å²) in [6.07, 6.45) is 4.04.